The predicted molar refractivity (Wildman–Crippen MR) is 62.0 cm³/mol. The molecular formula is C12H11NOS. The van der Waals surface area contributed by atoms with Crippen LogP contribution < -0.4 is 0 Å². The summed E-state index contributed by atoms with van der Waals surface area (Å²) < 4.78 is 5.41. The van der Waals surface area contributed by atoms with Crippen LogP contribution in [0.1, 0.15) is 16.8 Å². The Morgan fingerprint density at radius 1 is 1.27 bits per heavy atom. The first-order valence-corrected chi connectivity index (χ1v) is 5.70. The lowest BCUT2D eigenvalue weighted by Crippen LogP contribution is -2.02. The zero-order valence-electron chi connectivity index (χ0n) is 8.23. The molecule has 0 saturated carbocycles. The first-order valence-electron chi connectivity index (χ1n) is 5.06. The molecular weight excluding hydrogens is 206 g/mol. The zero-order chi connectivity index (χ0) is 10.3. The van der Waals surface area contributed by atoms with Crippen LogP contribution in [0.2, 0.25) is 0 Å². The molecule has 0 radical (unpaired) electrons. The summed E-state index contributed by atoms with van der Waals surface area (Å²) in [6.07, 6.45) is 2.09. The monoisotopic (exact) mass is 217 g/mol. The molecule has 0 amide bonds. The second-order valence-corrected chi connectivity index (χ2v) is 4.07. The zero-order valence-corrected chi connectivity index (χ0v) is 9.13. The Balaban J connectivity index is 2.22. The molecule has 3 heteroatoms. The molecule has 1 aromatic carbocycles. The van der Waals surface area contributed by atoms with Gasteiger partial charge in [0.25, 0.3) is 0 Å². The third-order valence-corrected chi connectivity index (χ3v) is 3.23. The van der Waals surface area contributed by atoms with Crippen molar-refractivity contribution in [1.82, 2.24) is 5.16 Å². The summed E-state index contributed by atoms with van der Waals surface area (Å²) in [6.45, 7) is 0. The molecule has 0 aliphatic heterocycles. The molecule has 0 bridgehead atoms. The number of nitrogens with zero attached hydrogens (tertiary/aromatic N) is 1. The van der Waals surface area contributed by atoms with E-state index in [4.69, 9.17) is 4.52 Å². The van der Waals surface area contributed by atoms with E-state index in [2.05, 4.69) is 36.0 Å². The average Bonchev–Trinajstić information content (AvgIpc) is 2.72. The number of aryl methyl sites for hydroxylation is 1. The molecule has 0 atom stereocenters. The van der Waals surface area contributed by atoms with Gasteiger partial charge in [-0.3, -0.25) is 0 Å². The summed E-state index contributed by atoms with van der Waals surface area (Å²) in [6, 6.07) is 8.36. The standard InChI is InChI=1S/C12H11NOS/c15-7-11-10-6-5-8-3-1-2-4-9(8)12(10)14-13-11/h1-4,15H,5-7H2. The Morgan fingerprint density at radius 3 is 3.00 bits per heavy atom. The number of hydrogen-bond donors (Lipinski definition) is 1. The lowest BCUT2D eigenvalue weighted by Gasteiger charge is -2.13. The molecule has 0 saturated heterocycles. The maximum absolute atomic E-state index is 5.41. The van der Waals surface area contributed by atoms with Crippen LogP contribution in [0.5, 0.6) is 0 Å². The number of aromatic nitrogens is 1. The number of rotatable bonds is 1. The molecule has 15 heavy (non-hydrogen) atoms. The van der Waals surface area contributed by atoms with Crippen LogP contribution in [0, 0.1) is 0 Å². The summed E-state index contributed by atoms with van der Waals surface area (Å²) in [5, 5.41) is 4.06. The van der Waals surface area contributed by atoms with Crippen molar-refractivity contribution in [2.45, 2.75) is 18.6 Å². The van der Waals surface area contributed by atoms with E-state index in [1.807, 2.05) is 6.07 Å². The quantitative estimate of drug-likeness (QED) is 0.743. The van der Waals surface area contributed by atoms with Crippen molar-refractivity contribution in [3.05, 3.63) is 41.1 Å². The Kier molecular flexibility index (Phi) is 2.06. The predicted octanol–water partition coefficient (Wildman–Crippen LogP) is 2.87. The third-order valence-electron chi connectivity index (χ3n) is 2.93. The second kappa shape index (κ2) is 3.42. The van der Waals surface area contributed by atoms with Gasteiger partial charge in [-0.15, -0.1) is 0 Å². The maximum Gasteiger partial charge on any atom is 0.170 e. The summed E-state index contributed by atoms with van der Waals surface area (Å²) >= 11 is 4.26. The summed E-state index contributed by atoms with van der Waals surface area (Å²) in [5.74, 6) is 1.60. The minimum absolute atomic E-state index is 0.654. The molecule has 3 rings (SSSR count). The maximum atomic E-state index is 5.41. The van der Waals surface area contributed by atoms with Crippen molar-refractivity contribution in [2.75, 3.05) is 0 Å². The highest BCUT2D eigenvalue weighted by Crippen LogP contribution is 2.35. The van der Waals surface area contributed by atoms with Gasteiger partial charge in [-0.05, 0) is 18.4 Å². The van der Waals surface area contributed by atoms with Crippen LogP contribution in [0.25, 0.3) is 11.3 Å². The van der Waals surface area contributed by atoms with E-state index in [0.717, 1.165) is 24.3 Å². The Hall–Kier alpha value is -1.22. The van der Waals surface area contributed by atoms with Crippen LogP contribution in [0.15, 0.2) is 28.8 Å². The van der Waals surface area contributed by atoms with E-state index in [0.29, 0.717) is 5.75 Å². The Bertz CT molecular complexity index is 504. The third kappa shape index (κ3) is 1.30. The molecule has 0 spiro atoms. The topological polar surface area (TPSA) is 26.0 Å². The first kappa shape index (κ1) is 9.04. The van der Waals surface area contributed by atoms with E-state index >= 15 is 0 Å². The molecule has 1 aliphatic rings. The van der Waals surface area contributed by atoms with Crippen LogP contribution in [-0.2, 0) is 18.6 Å². The number of thiol groups is 1. The summed E-state index contributed by atoms with van der Waals surface area (Å²) in [7, 11) is 0. The van der Waals surface area contributed by atoms with Gasteiger partial charge in [-0.25, -0.2) is 0 Å². The van der Waals surface area contributed by atoms with Crippen molar-refractivity contribution in [1.29, 1.82) is 0 Å². The van der Waals surface area contributed by atoms with Gasteiger partial charge in [0.05, 0.1) is 5.69 Å². The molecule has 0 unspecified atom stereocenters. The van der Waals surface area contributed by atoms with Gasteiger partial charge in [0.15, 0.2) is 5.76 Å². The summed E-state index contributed by atoms with van der Waals surface area (Å²) in [5.41, 5.74) is 4.78. The first-order chi connectivity index (χ1) is 7.40. The van der Waals surface area contributed by atoms with Crippen molar-refractivity contribution >= 4 is 12.6 Å². The lowest BCUT2D eigenvalue weighted by molar-refractivity contribution is 0.425. The molecule has 0 fully saturated rings. The van der Waals surface area contributed by atoms with Crippen molar-refractivity contribution in [3.8, 4) is 11.3 Å². The Labute approximate surface area is 93.7 Å². The van der Waals surface area contributed by atoms with Gasteiger partial charge >= 0.3 is 0 Å². The molecule has 0 N–H and O–H groups in total. The van der Waals surface area contributed by atoms with Gasteiger partial charge in [-0.2, -0.15) is 12.6 Å². The van der Waals surface area contributed by atoms with Gasteiger partial charge < -0.3 is 4.52 Å². The van der Waals surface area contributed by atoms with Crippen LogP contribution in [0.4, 0.5) is 0 Å². The summed E-state index contributed by atoms with van der Waals surface area (Å²) in [4.78, 5) is 0. The largest absolute Gasteiger partial charge is 0.356 e. The molecule has 2 nitrogen and oxygen atoms in total. The van der Waals surface area contributed by atoms with Crippen LogP contribution in [-0.4, -0.2) is 5.16 Å². The highest BCUT2D eigenvalue weighted by molar-refractivity contribution is 7.79. The number of benzene rings is 1. The van der Waals surface area contributed by atoms with Gasteiger partial charge in [0.2, 0.25) is 0 Å². The van der Waals surface area contributed by atoms with Crippen molar-refractivity contribution in [2.24, 2.45) is 0 Å². The van der Waals surface area contributed by atoms with Gasteiger partial charge in [0, 0.05) is 16.9 Å². The van der Waals surface area contributed by atoms with Crippen LogP contribution >= 0.6 is 12.6 Å². The minimum Gasteiger partial charge on any atom is -0.356 e. The van der Waals surface area contributed by atoms with Gasteiger partial charge in [0.1, 0.15) is 0 Å². The second-order valence-electron chi connectivity index (χ2n) is 3.75. The molecule has 1 aromatic heterocycles. The van der Waals surface area contributed by atoms with Gasteiger partial charge in [-0.1, -0.05) is 29.4 Å². The fraction of sp³-hybridized carbons (Fsp3) is 0.250. The Morgan fingerprint density at radius 2 is 2.13 bits per heavy atom. The fourth-order valence-electron chi connectivity index (χ4n) is 2.16. The molecule has 1 aliphatic carbocycles. The lowest BCUT2D eigenvalue weighted by atomic mass is 9.90. The highest BCUT2D eigenvalue weighted by atomic mass is 32.1. The normalized spacial score (nSPS) is 13.4. The van der Waals surface area contributed by atoms with Crippen molar-refractivity contribution < 1.29 is 4.52 Å². The number of hydrogen-bond acceptors (Lipinski definition) is 3. The minimum atomic E-state index is 0.654. The molecule has 1 heterocycles. The molecule has 76 valence electrons. The van der Waals surface area contributed by atoms with Crippen LogP contribution in [0.3, 0.4) is 0 Å². The van der Waals surface area contributed by atoms with E-state index in [1.54, 1.807) is 0 Å². The smallest absolute Gasteiger partial charge is 0.170 e. The van der Waals surface area contributed by atoms with Crippen molar-refractivity contribution in [3.63, 3.8) is 0 Å². The van der Waals surface area contributed by atoms with E-state index in [9.17, 15) is 0 Å². The fourth-order valence-corrected chi connectivity index (χ4v) is 2.40. The van der Waals surface area contributed by atoms with E-state index < -0.39 is 0 Å². The van der Waals surface area contributed by atoms with E-state index in [1.165, 1.54) is 16.7 Å². The molecule has 2 aromatic rings. The average molecular weight is 217 g/mol. The SMILES string of the molecule is SCc1noc2c1CCc1ccccc1-2. The highest BCUT2D eigenvalue weighted by Gasteiger charge is 2.22. The van der Waals surface area contributed by atoms with E-state index in [-0.39, 0.29) is 0 Å². The number of fused-ring (bicyclic) bond motifs is 3.